The molecule has 1 fully saturated rings. The van der Waals surface area contributed by atoms with Crippen molar-refractivity contribution in [2.24, 2.45) is 0 Å². The third kappa shape index (κ3) is 3.20. The Balaban J connectivity index is 1.90. The molecule has 0 aliphatic carbocycles. The maximum Gasteiger partial charge on any atom is 0.271 e. The van der Waals surface area contributed by atoms with Gasteiger partial charge in [0, 0.05) is 28.5 Å². The molecule has 3 rings (SSSR count). The molecule has 0 bridgehead atoms. The van der Waals surface area contributed by atoms with E-state index in [0.717, 1.165) is 9.26 Å². The van der Waals surface area contributed by atoms with Crippen molar-refractivity contribution in [2.45, 2.75) is 19.4 Å². The van der Waals surface area contributed by atoms with Crippen molar-refractivity contribution in [1.82, 2.24) is 9.47 Å². The Morgan fingerprint density at radius 3 is 2.82 bits per heavy atom. The highest BCUT2D eigenvalue weighted by atomic mass is 127. The Morgan fingerprint density at radius 1 is 1.27 bits per heavy atom. The lowest BCUT2D eigenvalue weighted by molar-refractivity contribution is -0.0765. The molecule has 0 atom stereocenters. The Morgan fingerprint density at radius 2 is 2.09 bits per heavy atom. The fourth-order valence-corrected chi connectivity index (χ4v) is 3.28. The van der Waals surface area contributed by atoms with E-state index in [1.165, 1.54) is 0 Å². The molecule has 1 saturated heterocycles. The number of ether oxygens (including phenoxy) is 1. The molecular weight excluding hydrogens is 391 g/mol. The number of rotatable bonds is 2. The van der Waals surface area contributed by atoms with E-state index in [9.17, 15) is 4.79 Å². The van der Waals surface area contributed by atoms with E-state index < -0.39 is 0 Å². The summed E-state index contributed by atoms with van der Waals surface area (Å²) in [6.07, 6.45) is 1.93. The molecule has 22 heavy (non-hydrogen) atoms. The van der Waals surface area contributed by atoms with Crippen LogP contribution in [0.3, 0.4) is 0 Å². The van der Waals surface area contributed by atoms with Gasteiger partial charge in [-0.1, -0.05) is 6.07 Å². The highest BCUT2D eigenvalue weighted by Gasteiger charge is 2.31. The number of hydrogen-bond donors (Lipinski definition) is 0. The van der Waals surface area contributed by atoms with Crippen LogP contribution in [0.2, 0.25) is 0 Å². The van der Waals surface area contributed by atoms with Crippen LogP contribution in [0.25, 0.3) is 5.69 Å². The summed E-state index contributed by atoms with van der Waals surface area (Å²) in [4.78, 5) is 14.8. The van der Waals surface area contributed by atoms with Crippen LogP contribution in [0.4, 0.5) is 0 Å². The first-order valence-electron chi connectivity index (χ1n) is 7.33. The fraction of sp³-hybridized carbons (Fsp3) is 0.353. The monoisotopic (exact) mass is 410 g/mol. The third-order valence-corrected chi connectivity index (χ3v) is 4.44. The third-order valence-electron chi connectivity index (χ3n) is 3.77. The minimum absolute atomic E-state index is 0.0558. The van der Waals surface area contributed by atoms with Gasteiger partial charge in [-0.3, -0.25) is 4.79 Å². The number of amides is 1. The highest BCUT2D eigenvalue weighted by Crippen LogP contribution is 2.21. The minimum atomic E-state index is -0.284. The van der Waals surface area contributed by atoms with Crippen LogP contribution in [-0.4, -0.2) is 40.7 Å². The van der Waals surface area contributed by atoms with E-state index in [4.69, 9.17) is 4.74 Å². The molecule has 1 aromatic carbocycles. The molecule has 1 aliphatic rings. The fourth-order valence-electron chi connectivity index (χ4n) is 2.76. The van der Waals surface area contributed by atoms with Crippen molar-refractivity contribution in [3.8, 4) is 5.69 Å². The zero-order chi connectivity index (χ0) is 15.7. The molecule has 0 N–H and O–H groups in total. The van der Waals surface area contributed by atoms with E-state index >= 15 is 0 Å². The molecule has 0 spiro atoms. The van der Waals surface area contributed by atoms with Gasteiger partial charge in [-0.2, -0.15) is 0 Å². The lowest BCUT2D eigenvalue weighted by Crippen LogP contribution is -2.50. The molecule has 4 nitrogen and oxygen atoms in total. The van der Waals surface area contributed by atoms with Gasteiger partial charge in [0.2, 0.25) is 0 Å². The predicted octanol–water partition coefficient (Wildman–Crippen LogP) is 3.33. The van der Waals surface area contributed by atoms with Crippen molar-refractivity contribution in [3.05, 3.63) is 51.9 Å². The Hall–Kier alpha value is -1.34. The molecule has 0 radical (unpaired) electrons. The molecule has 0 unspecified atom stereocenters. The van der Waals surface area contributed by atoms with Crippen LogP contribution >= 0.6 is 22.6 Å². The number of aromatic nitrogens is 1. The van der Waals surface area contributed by atoms with Crippen molar-refractivity contribution in [2.75, 3.05) is 19.7 Å². The zero-order valence-corrected chi connectivity index (χ0v) is 14.9. The van der Waals surface area contributed by atoms with E-state index in [1.54, 1.807) is 0 Å². The molecule has 2 aromatic rings. The molecular formula is C17H19IN2O2. The predicted molar refractivity (Wildman–Crippen MR) is 94.4 cm³/mol. The molecule has 1 aliphatic heterocycles. The van der Waals surface area contributed by atoms with Crippen LogP contribution in [0.5, 0.6) is 0 Å². The van der Waals surface area contributed by atoms with Crippen LogP contribution in [0.15, 0.2) is 42.6 Å². The number of carbonyl (C=O) groups is 1. The van der Waals surface area contributed by atoms with Crippen LogP contribution in [0, 0.1) is 3.57 Å². The molecule has 0 saturated carbocycles. The average molecular weight is 410 g/mol. The lowest BCUT2D eigenvalue weighted by Gasteiger charge is -2.38. The topological polar surface area (TPSA) is 34.5 Å². The van der Waals surface area contributed by atoms with Crippen LogP contribution in [0.1, 0.15) is 24.3 Å². The van der Waals surface area contributed by atoms with Gasteiger partial charge in [0.1, 0.15) is 5.69 Å². The van der Waals surface area contributed by atoms with Gasteiger partial charge in [-0.05, 0) is 66.8 Å². The normalized spacial score (nSPS) is 17.5. The van der Waals surface area contributed by atoms with Gasteiger partial charge in [-0.25, -0.2) is 0 Å². The summed E-state index contributed by atoms with van der Waals surface area (Å²) >= 11 is 2.28. The first-order valence-corrected chi connectivity index (χ1v) is 8.41. The summed E-state index contributed by atoms with van der Waals surface area (Å²) in [7, 11) is 0. The highest BCUT2D eigenvalue weighted by molar-refractivity contribution is 14.1. The van der Waals surface area contributed by atoms with Crippen molar-refractivity contribution in [3.63, 3.8) is 0 Å². The van der Waals surface area contributed by atoms with Crippen molar-refractivity contribution >= 4 is 28.5 Å². The summed E-state index contributed by atoms with van der Waals surface area (Å²) in [6, 6.07) is 11.9. The van der Waals surface area contributed by atoms with Crippen molar-refractivity contribution in [1.29, 1.82) is 0 Å². The number of hydrogen-bond acceptors (Lipinski definition) is 2. The van der Waals surface area contributed by atoms with Gasteiger partial charge in [0.25, 0.3) is 5.91 Å². The van der Waals surface area contributed by atoms with Gasteiger partial charge >= 0.3 is 0 Å². The Bertz CT molecular complexity index is 693. The summed E-state index contributed by atoms with van der Waals surface area (Å²) in [5.41, 5.74) is 1.42. The van der Waals surface area contributed by atoms with Gasteiger partial charge < -0.3 is 14.2 Å². The van der Waals surface area contributed by atoms with E-state index in [0.29, 0.717) is 25.4 Å². The first-order chi connectivity index (χ1) is 10.5. The van der Waals surface area contributed by atoms with E-state index in [1.807, 2.05) is 59.8 Å². The van der Waals surface area contributed by atoms with Crippen LogP contribution < -0.4 is 0 Å². The maximum absolute atomic E-state index is 12.9. The second-order valence-electron chi connectivity index (χ2n) is 6.08. The quantitative estimate of drug-likeness (QED) is 0.712. The number of carbonyl (C=O) groups excluding carboxylic acids is 1. The second kappa shape index (κ2) is 6.04. The molecule has 5 heteroatoms. The van der Waals surface area contributed by atoms with Gasteiger partial charge in [0.15, 0.2) is 0 Å². The second-order valence-corrected chi connectivity index (χ2v) is 7.32. The SMILES string of the molecule is CC1(C)CN(C(=O)c2cccn2-c2cccc(I)c2)CCO1. The number of morpholine rings is 1. The van der Waals surface area contributed by atoms with Crippen LogP contribution in [-0.2, 0) is 4.74 Å². The molecule has 116 valence electrons. The number of halogens is 1. The van der Waals surface area contributed by atoms with Gasteiger partial charge in [-0.15, -0.1) is 0 Å². The summed E-state index contributed by atoms with van der Waals surface area (Å²) in [6.45, 7) is 5.88. The number of nitrogens with zero attached hydrogens (tertiary/aromatic N) is 2. The summed E-state index contributed by atoms with van der Waals surface area (Å²) < 4.78 is 8.79. The van der Waals surface area contributed by atoms with E-state index in [-0.39, 0.29) is 11.5 Å². The van der Waals surface area contributed by atoms with E-state index in [2.05, 4.69) is 28.7 Å². The Kier molecular flexibility index (Phi) is 4.27. The molecule has 1 aromatic heterocycles. The summed E-state index contributed by atoms with van der Waals surface area (Å²) in [5, 5.41) is 0. The molecule has 2 heterocycles. The minimum Gasteiger partial charge on any atom is -0.372 e. The largest absolute Gasteiger partial charge is 0.372 e. The first kappa shape index (κ1) is 15.6. The Labute approximate surface area is 144 Å². The smallest absolute Gasteiger partial charge is 0.271 e. The average Bonchev–Trinajstić information content (AvgIpc) is 2.94. The maximum atomic E-state index is 12.9. The number of benzene rings is 1. The standard InChI is InChI=1S/C17H19IN2O2/c1-17(2)12-19(9-10-22-17)16(21)15-7-4-8-20(15)14-6-3-5-13(18)11-14/h3-8,11H,9-10,12H2,1-2H3. The molecule has 1 amide bonds. The zero-order valence-electron chi connectivity index (χ0n) is 12.8. The lowest BCUT2D eigenvalue weighted by atomic mass is 10.1. The van der Waals surface area contributed by atoms with Crippen molar-refractivity contribution < 1.29 is 9.53 Å². The summed E-state index contributed by atoms with van der Waals surface area (Å²) in [5.74, 6) is 0.0558. The van der Waals surface area contributed by atoms with Gasteiger partial charge in [0.05, 0.1) is 12.2 Å².